The summed E-state index contributed by atoms with van der Waals surface area (Å²) in [6.07, 6.45) is 3.69. The maximum atomic E-state index is 12.8. The second kappa shape index (κ2) is 11.0. The number of benzene rings is 1. The van der Waals surface area contributed by atoms with Crippen LogP contribution in [0.25, 0.3) is 10.6 Å². The summed E-state index contributed by atoms with van der Waals surface area (Å²) >= 11 is 1.32. The maximum absolute atomic E-state index is 12.8. The molecule has 1 heterocycles. The highest BCUT2D eigenvalue weighted by Gasteiger charge is 2.27. The Kier molecular flexibility index (Phi) is 8.76. The third kappa shape index (κ3) is 6.63. The summed E-state index contributed by atoms with van der Waals surface area (Å²) in [5.74, 6) is -0.400. The maximum Gasteiger partial charge on any atom is 0.249 e. The number of anilines is 1. The van der Waals surface area contributed by atoms with Gasteiger partial charge in [-0.15, -0.1) is 10.2 Å². The molecule has 0 saturated heterocycles. The van der Waals surface area contributed by atoms with Crippen LogP contribution in [0, 0.1) is 18.8 Å². The fourth-order valence-corrected chi connectivity index (χ4v) is 3.80. The van der Waals surface area contributed by atoms with Gasteiger partial charge in [0.05, 0.1) is 0 Å². The SMILES string of the molecule is CCCC[C@@H](CC)C(=O)N[C@H](C(=O)Nc1nnc(-c2ccc(C)cc2)s1)C(C)C. The van der Waals surface area contributed by atoms with Crippen molar-refractivity contribution in [2.75, 3.05) is 5.32 Å². The molecule has 0 aliphatic heterocycles. The number of amides is 2. The van der Waals surface area contributed by atoms with Crippen LogP contribution in [0.15, 0.2) is 24.3 Å². The number of aromatic nitrogens is 2. The molecule has 1 aromatic carbocycles. The summed E-state index contributed by atoms with van der Waals surface area (Å²) in [6, 6.07) is 7.40. The van der Waals surface area contributed by atoms with Gasteiger partial charge >= 0.3 is 0 Å². The minimum Gasteiger partial charge on any atom is -0.344 e. The van der Waals surface area contributed by atoms with Crippen molar-refractivity contribution >= 4 is 28.3 Å². The fraction of sp³-hybridized carbons (Fsp3) is 0.545. The third-order valence-electron chi connectivity index (χ3n) is 4.97. The number of rotatable bonds is 10. The molecule has 0 radical (unpaired) electrons. The van der Waals surface area contributed by atoms with Gasteiger partial charge in [0.1, 0.15) is 11.0 Å². The zero-order chi connectivity index (χ0) is 21.4. The first-order valence-electron chi connectivity index (χ1n) is 10.4. The minimum atomic E-state index is -0.607. The van der Waals surface area contributed by atoms with Crippen LogP contribution in [0.2, 0.25) is 0 Å². The summed E-state index contributed by atoms with van der Waals surface area (Å²) < 4.78 is 0. The molecule has 0 aliphatic rings. The standard InChI is InChI=1S/C22H32N4O2S/c1-6-8-9-16(7-2)19(27)23-18(14(3)4)20(28)24-22-26-25-21(29-22)17-12-10-15(5)11-13-17/h10-14,16,18H,6-9H2,1-5H3,(H,23,27)(H,24,26,28)/t16-,18+/m1/s1. The van der Waals surface area contributed by atoms with Gasteiger partial charge in [0.2, 0.25) is 16.9 Å². The molecule has 0 fully saturated rings. The molecule has 2 amide bonds. The van der Waals surface area contributed by atoms with Crippen molar-refractivity contribution in [2.45, 2.75) is 66.3 Å². The largest absolute Gasteiger partial charge is 0.344 e. The third-order valence-corrected chi connectivity index (χ3v) is 5.86. The Morgan fingerprint density at radius 1 is 1.07 bits per heavy atom. The van der Waals surface area contributed by atoms with Gasteiger partial charge < -0.3 is 5.32 Å². The Hall–Kier alpha value is -2.28. The summed E-state index contributed by atoms with van der Waals surface area (Å²) in [6.45, 7) is 10.0. The molecule has 2 N–H and O–H groups in total. The lowest BCUT2D eigenvalue weighted by Gasteiger charge is -2.24. The molecule has 0 bridgehead atoms. The van der Waals surface area contributed by atoms with Crippen LogP contribution >= 0.6 is 11.3 Å². The van der Waals surface area contributed by atoms with E-state index in [1.807, 2.05) is 52.0 Å². The van der Waals surface area contributed by atoms with E-state index in [0.717, 1.165) is 36.3 Å². The van der Waals surface area contributed by atoms with Crippen molar-refractivity contribution < 1.29 is 9.59 Å². The second-order valence-corrected chi connectivity index (χ2v) is 8.72. The van der Waals surface area contributed by atoms with Gasteiger partial charge in [-0.25, -0.2) is 0 Å². The first-order valence-corrected chi connectivity index (χ1v) is 11.2. The monoisotopic (exact) mass is 416 g/mol. The highest BCUT2D eigenvalue weighted by atomic mass is 32.1. The summed E-state index contributed by atoms with van der Waals surface area (Å²) in [5.41, 5.74) is 2.13. The van der Waals surface area contributed by atoms with E-state index in [4.69, 9.17) is 0 Å². The number of carbonyl (C=O) groups is 2. The first kappa shape index (κ1) is 23.0. The normalized spacial score (nSPS) is 13.2. The van der Waals surface area contributed by atoms with Gasteiger partial charge in [-0.05, 0) is 25.7 Å². The van der Waals surface area contributed by atoms with Gasteiger partial charge in [-0.2, -0.15) is 0 Å². The van der Waals surface area contributed by atoms with Crippen molar-refractivity contribution in [2.24, 2.45) is 11.8 Å². The lowest BCUT2D eigenvalue weighted by atomic mass is 9.96. The van der Waals surface area contributed by atoms with E-state index in [0.29, 0.717) is 5.13 Å². The number of aryl methyl sites for hydroxylation is 1. The average molecular weight is 417 g/mol. The highest BCUT2D eigenvalue weighted by molar-refractivity contribution is 7.18. The quantitative estimate of drug-likeness (QED) is 0.582. The topological polar surface area (TPSA) is 84.0 Å². The Morgan fingerprint density at radius 2 is 1.76 bits per heavy atom. The van der Waals surface area contributed by atoms with E-state index in [9.17, 15) is 9.59 Å². The van der Waals surface area contributed by atoms with Crippen LogP contribution in [0.3, 0.4) is 0 Å². The van der Waals surface area contributed by atoms with E-state index >= 15 is 0 Å². The molecule has 0 spiro atoms. The van der Waals surface area contributed by atoms with Gasteiger partial charge in [0, 0.05) is 11.5 Å². The van der Waals surface area contributed by atoms with Crippen molar-refractivity contribution in [3.05, 3.63) is 29.8 Å². The molecule has 0 aliphatic carbocycles. The van der Waals surface area contributed by atoms with E-state index in [2.05, 4.69) is 27.8 Å². The number of hydrogen-bond donors (Lipinski definition) is 2. The molecule has 2 atom stereocenters. The van der Waals surface area contributed by atoms with Gasteiger partial charge in [0.25, 0.3) is 0 Å². The second-order valence-electron chi connectivity index (χ2n) is 7.75. The first-order chi connectivity index (χ1) is 13.8. The minimum absolute atomic E-state index is 0.0351. The molecule has 0 unspecified atom stereocenters. The van der Waals surface area contributed by atoms with E-state index in [1.165, 1.54) is 16.9 Å². The molecule has 2 aromatic rings. The van der Waals surface area contributed by atoms with Gasteiger partial charge in [-0.1, -0.05) is 81.7 Å². The fourth-order valence-electron chi connectivity index (χ4n) is 3.05. The number of nitrogens with zero attached hydrogens (tertiary/aromatic N) is 2. The van der Waals surface area contributed by atoms with E-state index in [1.54, 1.807) is 0 Å². The Morgan fingerprint density at radius 3 is 2.34 bits per heavy atom. The molecular weight excluding hydrogens is 384 g/mol. The van der Waals surface area contributed by atoms with Crippen molar-refractivity contribution in [1.82, 2.24) is 15.5 Å². The lowest BCUT2D eigenvalue weighted by Crippen LogP contribution is -2.49. The molecule has 29 heavy (non-hydrogen) atoms. The zero-order valence-corrected chi connectivity index (χ0v) is 18.8. The predicted octanol–water partition coefficient (Wildman–Crippen LogP) is 4.81. The molecule has 7 heteroatoms. The lowest BCUT2D eigenvalue weighted by molar-refractivity contribution is -0.130. The van der Waals surface area contributed by atoms with Crippen LogP contribution in [-0.4, -0.2) is 28.1 Å². The Balaban J connectivity index is 2.04. The van der Waals surface area contributed by atoms with Crippen LogP contribution in [0.5, 0.6) is 0 Å². The zero-order valence-electron chi connectivity index (χ0n) is 18.0. The van der Waals surface area contributed by atoms with E-state index < -0.39 is 6.04 Å². The highest BCUT2D eigenvalue weighted by Crippen LogP contribution is 2.26. The summed E-state index contributed by atoms with van der Waals surface area (Å²) in [4.78, 5) is 25.5. The number of hydrogen-bond acceptors (Lipinski definition) is 5. The van der Waals surface area contributed by atoms with Crippen LogP contribution in [-0.2, 0) is 9.59 Å². The van der Waals surface area contributed by atoms with Gasteiger partial charge in [-0.3, -0.25) is 14.9 Å². The average Bonchev–Trinajstić information content (AvgIpc) is 3.15. The van der Waals surface area contributed by atoms with Crippen LogP contribution in [0.4, 0.5) is 5.13 Å². The number of unbranched alkanes of at least 4 members (excludes halogenated alkanes) is 1. The molecule has 158 valence electrons. The van der Waals surface area contributed by atoms with Crippen LogP contribution < -0.4 is 10.6 Å². The van der Waals surface area contributed by atoms with Crippen LogP contribution in [0.1, 0.15) is 58.9 Å². The summed E-state index contributed by atoms with van der Waals surface area (Å²) in [5, 5.41) is 15.2. The summed E-state index contributed by atoms with van der Waals surface area (Å²) in [7, 11) is 0. The van der Waals surface area contributed by atoms with E-state index in [-0.39, 0.29) is 23.7 Å². The molecule has 2 rings (SSSR count). The van der Waals surface area contributed by atoms with Crippen molar-refractivity contribution in [3.8, 4) is 10.6 Å². The Bertz CT molecular complexity index is 801. The number of nitrogens with one attached hydrogen (secondary N) is 2. The van der Waals surface area contributed by atoms with Crippen molar-refractivity contribution in [3.63, 3.8) is 0 Å². The number of carbonyl (C=O) groups excluding carboxylic acids is 2. The Labute approximate surface area is 177 Å². The van der Waals surface area contributed by atoms with Crippen molar-refractivity contribution in [1.29, 1.82) is 0 Å². The molecule has 1 aromatic heterocycles. The predicted molar refractivity (Wildman–Crippen MR) is 119 cm³/mol. The molecular formula is C22H32N4O2S. The smallest absolute Gasteiger partial charge is 0.249 e. The molecule has 6 nitrogen and oxygen atoms in total. The van der Waals surface area contributed by atoms with Gasteiger partial charge in [0.15, 0.2) is 0 Å². The molecule has 0 saturated carbocycles.